The third-order valence-electron chi connectivity index (χ3n) is 2.63. The van der Waals surface area contributed by atoms with Crippen molar-refractivity contribution in [1.29, 1.82) is 0 Å². The summed E-state index contributed by atoms with van der Waals surface area (Å²) in [7, 11) is 3.78. The standard InChI is InChI=1S/C13H28N4O/c1-5-7-11-17(4)13(14-3)16-10-8-12(18)15-9-6-2/h5-11H2,1-4H3,(H,14,16)(H,15,18). The Hall–Kier alpha value is -1.26. The van der Waals surface area contributed by atoms with Gasteiger partial charge < -0.3 is 15.5 Å². The van der Waals surface area contributed by atoms with E-state index in [1.807, 2.05) is 14.0 Å². The van der Waals surface area contributed by atoms with Gasteiger partial charge in [-0.05, 0) is 12.8 Å². The molecule has 0 aliphatic rings. The van der Waals surface area contributed by atoms with Crippen molar-refractivity contribution in [2.24, 2.45) is 4.99 Å². The van der Waals surface area contributed by atoms with Crippen molar-refractivity contribution >= 4 is 11.9 Å². The van der Waals surface area contributed by atoms with E-state index in [9.17, 15) is 4.79 Å². The molecular weight excluding hydrogens is 228 g/mol. The number of rotatable bonds is 8. The molecule has 5 nitrogen and oxygen atoms in total. The maximum Gasteiger partial charge on any atom is 0.221 e. The minimum absolute atomic E-state index is 0.0935. The zero-order valence-corrected chi connectivity index (χ0v) is 12.3. The summed E-state index contributed by atoms with van der Waals surface area (Å²) in [6.45, 7) is 6.58. The van der Waals surface area contributed by atoms with Crippen LogP contribution in [0, 0.1) is 0 Å². The predicted molar refractivity (Wildman–Crippen MR) is 76.8 cm³/mol. The van der Waals surface area contributed by atoms with Gasteiger partial charge in [0, 0.05) is 40.2 Å². The van der Waals surface area contributed by atoms with Gasteiger partial charge in [0.05, 0.1) is 0 Å². The number of unbranched alkanes of at least 4 members (excludes halogenated alkanes) is 1. The van der Waals surface area contributed by atoms with E-state index in [-0.39, 0.29) is 5.91 Å². The van der Waals surface area contributed by atoms with Crippen molar-refractivity contribution in [3.63, 3.8) is 0 Å². The summed E-state index contributed by atoms with van der Waals surface area (Å²) in [6.07, 6.45) is 3.77. The fourth-order valence-electron chi connectivity index (χ4n) is 1.53. The molecule has 2 N–H and O–H groups in total. The zero-order chi connectivity index (χ0) is 13.8. The lowest BCUT2D eigenvalue weighted by Crippen LogP contribution is -2.41. The number of aliphatic imine (C=N–C) groups is 1. The quantitative estimate of drug-likeness (QED) is 0.507. The Morgan fingerprint density at radius 2 is 1.89 bits per heavy atom. The van der Waals surface area contributed by atoms with Crippen LogP contribution in [0.3, 0.4) is 0 Å². The lowest BCUT2D eigenvalue weighted by molar-refractivity contribution is -0.120. The van der Waals surface area contributed by atoms with Crippen LogP contribution in [0.1, 0.15) is 39.5 Å². The molecule has 0 heterocycles. The molecule has 5 heteroatoms. The van der Waals surface area contributed by atoms with E-state index in [0.29, 0.717) is 13.0 Å². The van der Waals surface area contributed by atoms with Crippen LogP contribution in [0.25, 0.3) is 0 Å². The highest BCUT2D eigenvalue weighted by Gasteiger charge is 2.05. The minimum Gasteiger partial charge on any atom is -0.356 e. The molecule has 0 fully saturated rings. The second-order valence-electron chi connectivity index (χ2n) is 4.35. The van der Waals surface area contributed by atoms with Crippen LogP contribution in [0.5, 0.6) is 0 Å². The topological polar surface area (TPSA) is 56.7 Å². The van der Waals surface area contributed by atoms with Crippen molar-refractivity contribution in [3.8, 4) is 0 Å². The van der Waals surface area contributed by atoms with Crippen LogP contribution in [-0.4, -0.2) is 50.5 Å². The average molecular weight is 256 g/mol. The summed E-state index contributed by atoms with van der Waals surface area (Å²) in [4.78, 5) is 17.7. The first-order chi connectivity index (χ1) is 8.65. The van der Waals surface area contributed by atoms with Crippen molar-refractivity contribution < 1.29 is 4.79 Å². The third kappa shape index (κ3) is 7.92. The summed E-state index contributed by atoms with van der Waals surface area (Å²) in [5.74, 6) is 0.947. The molecule has 1 amide bonds. The Balaban J connectivity index is 3.83. The molecule has 0 unspecified atom stereocenters. The normalized spacial score (nSPS) is 11.2. The van der Waals surface area contributed by atoms with Crippen molar-refractivity contribution in [2.45, 2.75) is 39.5 Å². The van der Waals surface area contributed by atoms with E-state index in [2.05, 4.69) is 27.4 Å². The molecule has 0 aromatic carbocycles. The van der Waals surface area contributed by atoms with Gasteiger partial charge >= 0.3 is 0 Å². The molecule has 0 saturated heterocycles. The zero-order valence-electron chi connectivity index (χ0n) is 12.3. The smallest absolute Gasteiger partial charge is 0.221 e. The van der Waals surface area contributed by atoms with Crippen LogP contribution in [-0.2, 0) is 4.79 Å². The highest BCUT2D eigenvalue weighted by molar-refractivity contribution is 5.81. The number of carbonyl (C=O) groups is 1. The van der Waals surface area contributed by atoms with Crippen LogP contribution in [0.15, 0.2) is 4.99 Å². The van der Waals surface area contributed by atoms with Crippen LogP contribution < -0.4 is 10.6 Å². The Bertz CT molecular complexity index is 253. The first-order valence-electron chi connectivity index (χ1n) is 6.84. The maximum absolute atomic E-state index is 11.4. The summed E-state index contributed by atoms with van der Waals surface area (Å²) in [5, 5.41) is 6.06. The largest absolute Gasteiger partial charge is 0.356 e. The maximum atomic E-state index is 11.4. The van der Waals surface area contributed by atoms with Gasteiger partial charge in [0.15, 0.2) is 5.96 Å². The number of carbonyl (C=O) groups excluding carboxylic acids is 1. The van der Waals surface area contributed by atoms with Crippen molar-refractivity contribution in [1.82, 2.24) is 15.5 Å². The fraction of sp³-hybridized carbons (Fsp3) is 0.846. The monoisotopic (exact) mass is 256 g/mol. The molecule has 0 radical (unpaired) electrons. The van der Waals surface area contributed by atoms with Gasteiger partial charge in [-0.2, -0.15) is 0 Å². The Morgan fingerprint density at radius 1 is 1.17 bits per heavy atom. The highest BCUT2D eigenvalue weighted by Crippen LogP contribution is 1.92. The fourth-order valence-corrected chi connectivity index (χ4v) is 1.53. The average Bonchev–Trinajstić information content (AvgIpc) is 2.38. The number of hydrogen-bond acceptors (Lipinski definition) is 2. The van der Waals surface area contributed by atoms with E-state index in [1.165, 1.54) is 6.42 Å². The van der Waals surface area contributed by atoms with Gasteiger partial charge in [-0.1, -0.05) is 20.3 Å². The summed E-state index contributed by atoms with van der Waals surface area (Å²) >= 11 is 0. The first-order valence-corrected chi connectivity index (χ1v) is 6.84. The number of nitrogens with zero attached hydrogens (tertiary/aromatic N) is 2. The molecule has 0 rings (SSSR count). The SMILES string of the molecule is CCCCN(C)C(=NC)NCCC(=O)NCCC. The molecule has 0 aromatic rings. The third-order valence-corrected chi connectivity index (χ3v) is 2.63. The summed E-state index contributed by atoms with van der Waals surface area (Å²) in [6, 6.07) is 0. The number of guanidine groups is 1. The van der Waals surface area contributed by atoms with E-state index in [1.54, 1.807) is 7.05 Å². The molecule has 0 aliphatic carbocycles. The second-order valence-corrected chi connectivity index (χ2v) is 4.35. The summed E-state index contributed by atoms with van der Waals surface area (Å²) < 4.78 is 0. The van der Waals surface area contributed by atoms with Gasteiger partial charge in [0.25, 0.3) is 0 Å². The molecule has 106 valence electrons. The van der Waals surface area contributed by atoms with E-state index in [0.717, 1.165) is 31.9 Å². The van der Waals surface area contributed by atoms with E-state index < -0.39 is 0 Å². The Labute approximate surface area is 111 Å². The van der Waals surface area contributed by atoms with Gasteiger partial charge in [0.1, 0.15) is 0 Å². The molecule has 0 bridgehead atoms. The van der Waals surface area contributed by atoms with Gasteiger partial charge in [0.2, 0.25) is 5.91 Å². The van der Waals surface area contributed by atoms with E-state index >= 15 is 0 Å². The Morgan fingerprint density at radius 3 is 2.44 bits per heavy atom. The Kier molecular flexibility index (Phi) is 10.1. The molecule has 0 aromatic heterocycles. The van der Waals surface area contributed by atoms with Crippen LogP contribution in [0.2, 0.25) is 0 Å². The molecule has 0 spiro atoms. The predicted octanol–water partition coefficient (Wildman–Crippen LogP) is 1.21. The van der Waals surface area contributed by atoms with Crippen molar-refractivity contribution in [3.05, 3.63) is 0 Å². The number of hydrogen-bond donors (Lipinski definition) is 2. The molecular formula is C13H28N4O. The van der Waals surface area contributed by atoms with Gasteiger partial charge in [-0.25, -0.2) is 0 Å². The second kappa shape index (κ2) is 10.9. The summed E-state index contributed by atoms with van der Waals surface area (Å²) in [5.41, 5.74) is 0. The van der Waals surface area contributed by atoms with Crippen molar-refractivity contribution in [2.75, 3.05) is 33.7 Å². The van der Waals surface area contributed by atoms with Gasteiger partial charge in [-0.15, -0.1) is 0 Å². The van der Waals surface area contributed by atoms with Crippen LogP contribution >= 0.6 is 0 Å². The molecule has 0 atom stereocenters. The highest BCUT2D eigenvalue weighted by atomic mass is 16.1. The van der Waals surface area contributed by atoms with Gasteiger partial charge in [-0.3, -0.25) is 9.79 Å². The van der Waals surface area contributed by atoms with E-state index in [4.69, 9.17) is 0 Å². The molecule has 0 aliphatic heterocycles. The number of amides is 1. The molecule has 18 heavy (non-hydrogen) atoms. The first kappa shape index (κ1) is 16.7. The minimum atomic E-state index is 0.0935. The van der Waals surface area contributed by atoms with Crippen LogP contribution in [0.4, 0.5) is 0 Å². The number of nitrogens with one attached hydrogen (secondary N) is 2. The molecule has 0 saturated carbocycles. The lowest BCUT2D eigenvalue weighted by Gasteiger charge is -2.21. The lowest BCUT2D eigenvalue weighted by atomic mass is 10.3.